The molecular formula is C13H20. The third-order valence-electron chi connectivity index (χ3n) is 2.91. The molecule has 0 amide bonds. The fraction of sp³-hybridized carbons (Fsp3) is 0.538. The molecule has 0 saturated carbocycles. The van der Waals surface area contributed by atoms with Crippen LogP contribution < -0.4 is 0 Å². The monoisotopic (exact) mass is 176 g/mol. The average molecular weight is 176 g/mol. The quantitative estimate of drug-likeness (QED) is 0.652. The summed E-state index contributed by atoms with van der Waals surface area (Å²) < 4.78 is 0. The van der Waals surface area contributed by atoms with Gasteiger partial charge in [-0.3, -0.25) is 0 Å². The van der Waals surface area contributed by atoms with Crippen LogP contribution in [0.3, 0.4) is 0 Å². The van der Waals surface area contributed by atoms with Gasteiger partial charge in [-0.05, 0) is 29.4 Å². The Morgan fingerprint density at radius 2 is 1.54 bits per heavy atom. The van der Waals surface area contributed by atoms with Gasteiger partial charge in [0.25, 0.3) is 0 Å². The van der Waals surface area contributed by atoms with Crippen LogP contribution in [-0.4, -0.2) is 0 Å². The zero-order chi connectivity index (χ0) is 9.84. The van der Waals surface area contributed by atoms with Crippen molar-refractivity contribution in [3.8, 4) is 0 Å². The minimum Gasteiger partial charge on any atom is -0.0622 e. The van der Waals surface area contributed by atoms with Gasteiger partial charge in [0.1, 0.15) is 0 Å². The van der Waals surface area contributed by atoms with Gasteiger partial charge in [0.15, 0.2) is 0 Å². The third-order valence-corrected chi connectivity index (χ3v) is 2.91. The van der Waals surface area contributed by atoms with E-state index in [-0.39, 0.29) is 0 Å². The maximum atomic E-state index is 2.30. The molecule has 13 heavy (non-hydrogen) atoms. The van der Waals surface area contributed by atoms with Gasteiger partial charge < -0.3 is 0 Å². The van der Waals surface area contributed by atoms with Gasteiger partial charge >= 0.3 is 0 Å². The zero-order valence-corrected chi connectivity index (χ0v) is 9.17. The van der Waals surface area contributed by atoms with Crippen LogP contribution in [0.25, 0.3) is 0 Å². The molecule has 1 aromatic carbocycles. The van der Waals surface area contributed by atoms with Crippen molar-refractivity contribution in [1.82, 2.24) is 0 Å². The molecular weight excluding hydrogens is 156 g/mol. The fourth-order valence-corrected chi connectivity index (χ4v) is 1.44. The molecule has 72 valence electrons. The highest BCUT2D eigenvalue weighted by molar-refractivity contribution is 5.25. The lowest BCUT2D eigenvalue weighted by atomic mass is 9.90. The molecule has 0 heteroatoms. The molecule has 0 saturated heterocycles. The van der Waals surface area contributed by atoms with Crippen molar-refractivity contribution < 1.29 is 0 Å². The van der Waals surface area contributed by atoms with Gasteiger partial charge in [0.05, 0.1) is 0 Å². The Morgan fingerprint density at radius 3 is 1.92 bits per heavy atom. The summed E-state index contributed by atoms with van der Waals surface area (Å²) in [6.07, 6.45) is 1.14. The number of rotatable bonds is 3. The predicted octanol–water partition coefficient (Wildman–Crippen LogP) is 4.01. The van der Waals surface area contributed by atoms with Crippen LogP contribution in [0.5, 0.6) is 0 Å². The van der Waals surface area contributed by atoms with Gasteiger partial charge in [-0.2, -0.15) is 0 Å². The van der Waals surface area contributed by atoms with Crippen molar-refractivity contribution in [1.29, 1.82) is 0 Å². The van der Waals surface area contributed by atoms with E-state index in [9.17, 15) is 0 Å². The maximum absolute atomic E-state index is 2.30. The minimum atomic E-state index is 0.672. The molecule has 0 fully saturated rings. The fourth-order valence-electron chi connectivity index (χ4n) is 1.44. The van der Waals surface area contributed by atoms with E-state index in [1.165, 1.54) is 11.1 Å². The molecule has 0 aliphatic rings. The molecule has 0 aliphatic carbocycles. The molecule has 1 rings (SSSR count). The summed E-state index contributed by atoms with van der Waals surface area (Å²) in [5.41, 5.74) is 2.90. The summed E-state index contributed by atoms with van der Waals surface area (Å²) >= 11 is 0. The third kappa shape index (κ3) is 2.58. The largest absolute Gasteiger partial charge is 0.0622 e. The van der Waals surface area contributed by atoms with E-state index in [0.717, 1.165) is 12.3 Å². The summed E-state index contributed by atoms with van der Waals surface area (Å²) in [6.45, 7) is 9.04. The Kier molecular flexibility index (Phi) is 3.53. The highest BCUT2D eigenvalue weighted by Crippen LogP contribution is 2.23. The van der Waals surface area contributed by atoms with Crippen LogP contribution in [0.1, 0.15) is 44.7 Å². The van der Waals surface area contributed by atoms with Gasteiger partial charge in [-0.15, -0.1) is 0 Å². The molecule has 1 atom stereocenters. The first kappa shape index (κ1) is 10.3. The first-order valence-electron chi connectivity index (χ1n) is 5.24. The van der Waals surface area contributed by atoms with Crippen LogP contribution in [-0.2, 0) is 6.42 Å². The smallest absolute Gasteiger partial charge is 0.0167 e. The second-order valence-electron chi connectivity index (χ2n) is 4.13. The van der Waals surface area contributed by atoms with E-state index in [1.807, 2.05) is 0 Å². The molecule has 0 bridgehead atoms. The normalized spacial score (nSPS) is 13.3. The van der Waals surface area contributed by atoms with Crippen LogP contribution in [0.15, 0.2) is 24.3 Å². The molecule has 0 aromatic heterocycles. The van der Waals surface area contributed by atoms with Gasteiger partial charge in [0.2, 0.25) is 0 Å². The lowest BCUT2D eigenvalue weighted by Gasteiger charge is -2.15. The summed E-state index contributed by atoms with van der Waals surface area (Å²) in [4.78, 5) is 0. The Labute approximate surface area is 82.0 Å². The zero-order valence-electron chi connectivity index (χ0n) is 9.17. The van der Waals surface area contributed by atoms with E-state index < -0.39 is 0 Å². The van der Waals surface area contributed by atoms with Crippen LogP contribution in [0.2, 0.25) is 0 Å². The molecule has 0 heterocycles. The molecule has 0 aliphatic heterocycles. The summed E-state index contributed by atoms with van der Waals surface area (Å²) in [6, 6.07) is 9.02. The highest BCUT2D eigenvalue weighted by Gasteiger charge is 2.08. The first-order chi connectivity index (χ1) is 6.15. The van der Waals surface area contributed by atoms with Crippen molar-refractivity contribution in [3.05, 3.63) is 35.4 Å². The number of benzene rings is 1. The van der Waals surface area contributed by atoms with E-state index in [2.05, 4.69) is 52.0 Å². The summed E-state index contributed by atoms with van der Waals surface area (Å²) in [5.74, 6) is 1.40. The standard InChI is InChI=1S/C13H20/c1-5-12-6-8-13(9-7-12)11(4)10(2)3/h6-11H,5H2,1-4H3/t11-/m1/s1. The van der Waals surface area contributed by atoms with Gasteiger partial charge in [0, 0.05) is 0 Å². The predicted molar refractivity (Wildman–Crippen MR) is 59.1 cm³/mol. The van der Waals surface area contributed by atoms with Crippen LogP contribution in [0.4, 0.5) is 0 Å². The molecule has 0 spiro atoms. The summed E-state index contributed by atoms with van der Waals surface area (Å²) in [7, 11) is 0. The van der Waals surface area contributed by atoms with Crippen molar-refractivity contribution in [2.45, 2.75) is 40.0 Å². The van der Waals surface area contributed by atoms with E-state index in [0.29, 0.717) is 5.92 Å². The molecule has 0 N–H and O–H groups in total. The van der Waals surface area contributed by atoms with Gasteiger partial charge in [-0.1, -0.05) is 52.0 Å². The van der Waals surface area contributed by atoms with Crippen molar-refractivity contribution in [2.24, 2.45) is 5.92 Å². The highest BCUT2D eigenvalue weighted by atomic mass is 14.1. The molecule has 0 unspecified atom stereocenters. The molecule has 1 aromatic rings. The van der Waals surface area contributed by atoms with Crippen LogP contribution >= 0.6 is 0 Å². The maximum Gasteiger partial charge on any atom is -0.0167 e. The lowest BCUT2D eigenvalue weighted by Crippen LogP contribution is -2.01. The van der Waals surface area contributed by atoms with E-state index in [1.54, 1.807) is 0 Å². The number of aryl methyl sites for hydroxylation is 1. The lowest BCUT2D eigenvalue weighted by molar-refractivity contribution is 0.535. The Morgan fingerprint density at radius 1 is 1.00 bits per heavy atom. The number of hydrogen-bond acceptors (Lipinski definition) is 0. The Balaban J connectivity index is 2.79. The van der Waals surface area contributed by atoms with E-state index in [4.69, 9.17) is 0 Å². The topological polar surface area (TPSA) is 0 Å². The van der Waals surface area contributed by atoms with Gasteiger partial charge in [-0.25, -0.2) is 0 Å². The average Bonchev–Trinajstić information content (AvgIpc) is 2.17. The minimum absolute atomic E-state index is 0.672. The first-order valence-corrected chi connectivity index (χ1v) is 5.24. The van der Waals surface area contributed by atoms with Crippen molar-refractivity contribution in [3.63, 3.8) is 0 Å². The summed E-state index contributed by atoms with van der Waals surface area (Å²) in [5, 5.41) is 0. The Bertz CT molecular complexity index is 243. The second-order valence-corrected chi connectivity index (χ2v) is 4.13. The molecule has 0 nitrogen and oxygen atoms in total. The second kappa shape index (κ2) is 4.45. The number of hydrogen-bond donors (Lipinski definition) is 0. The SMILES string of the molecule is CCc1ccc([C@H](C)C(C)C)cc1. The van der Waals surface area contributed by atoms with Crippen molar-refractivity contribution in [2.75, 3.05) is 0 Å². The van der Waals surface area contributed by atoms with Crippen LogP contribution in [0, 0.1) is 5.92 Å². The van der Waals surface area contributed by atoms with E-state index >= 15 is 0 Å². The van der Waals surface area contributed by atoms with Crippen molar-refractivity contribution >= 4 is 0 Å². The molecule has 0 radical (unpaired) electrons. The Hall–Kier alpha value is -0.780.